The molecule has 0 aromatic heterocycles. The highest BCUT2D eigenvalue weighted by atomic mass is 31.2. The first-order chi connectivity index (χ1) is 9.12. The Morgan fingerprint density at radius 3 is 1.52 bits per heavy atom. The van der Waals surface area contributed by atoms with Crippen molar-refractivity contribution in [1.29, 1.82) is 0 Å². The fraction of sp³-hybridized carbons (Fsp3) is 0.833. The van der Waals surface area contributed by atoms with E-state index in [1.807, 2.05) is 0 Å². The number of carbonyl (C=O) groups is 1. The number of rotatable bonds is 9. The lowest BCUT2D eigenvalue weighted by Gasteiger charge is -2.31. The second-order valence-corrected chi connectivity index (χ2v) is 9.20. The van der Waals surface area contributed by atoms with Crippen molar-refractivity contribution in [2.24, 2.45) is 0 Å². The molecule has 0 bridgehead atoms. The Balaban J connectivity index is 5.44. The smallest absolute Gasteiger partial charge is 0.342 e. The van der Waals surface area contributed by atoms with Gasteiger partial charge in [-0.2, -0.15) is 0 Å². The maximum Gasteiger partial charge on any atom is 0.342 e. The molecule has 15 heteroatoms. The standard InChI is InChI=1S/C6H16NO11P3/c8-6(9)2-1-5(21(16,17)18)7(3-19(10,11)12)4-20(13,14)15/h5H,1-4H2,(H,8,9)(H2,10,11,12)(H2,13,14,15)(H2,16,17,18)/t5-/m1/s1. The zero-order chi connectivity index (χ0) is 17.1. The van der Waals surface area contributed by atoms with Gasteiger partial charge < -0.3 is 34.5 Å². The van der Waals surface area contributed by atoms with E-state index in [2.05, 4.69) is 0 Å². The summed E-state index contributed by atoms with van der Waals surface area (Å²) in [5, 5.41) is 8.50. The van der Waals surface area contributed by atoms with Gasteiger partial charge in [-0.05, 0) is 6.42 Å². The molecule has 0 aromatic rings. The Labute approximate surface area is 118 Å². The fourth-order valence-corrected chi connectivity index (χ4v) is 4.53. The molecule has 0 spiro atoms. The van der Waals surface area contributed by atoms with Crippen LogP contribution in [0.3, 0.4) is 0 Å². The van der Waals surface area contributed by atoms with Gasteiger partial charge >= 0.3 is 28.8 Å². The third-order valence-corrected chi connectivity index (χ3v) is 4.98. The molecule has 0 heterocycles. The molecule has 12 nitrogen and oxygen atoms in total. The molecule has 0 amide bonds. The maximum absolute atomic E-state index is 11.3. The van der Waals surface area contributed by atoms with Crippen LogP contribution in [-0.4, -0.2) is 63.7 Å². The molecule has 0 rings (SSSR count). The fourth-order valence-electron chi connectivity index (χ4n) is 1.52. The lowest BCUT2D eigenvalue weighted by Crippen LogP contribution is -2.37. The van der Waals surface area contributed by atoms with E-state index in [1.165, 1.54) is 0 Å². The monoisotopic (exact) mass is 371 g/mol. The van der Waals surface area contributed by atoms with Crippen LogP contribution in [0.15, 0.2) is 0 Å². The molecule has 0 aliphatic rings. The van der Waals surface area contributed by atoms with E-state index < -0.39 is 60.0 Å². The molecule has 0 unspecified atom stereocenters. The summed E-state index contributed by atoms with van der Waals surface area (Å²) >= 11 is 0. The number of aliphatic carboxylic acids is 1. The molecule has 0 saturated heterocycles. The van der Waals surface area contributed by atoms with E-state index in [1.54, 1.807) is 0 Å². The van der Waals surface area contributed by atoms with Crippen molar-refractivity contribution in [2.75, 3.05) is 12.6 Å². The van der Waals surface area contributed by atoms with Gasteiger partial charge in [0.2, 0.25) is 0 Å². The first-order valence-corrected chi connectivity index (χ1v) is 10.5. The van der Waals surface area contributed by atoms with Crippen molar-refractivity contribution in [3.8, 4) is 0 Å². The van der Waals surface area contributed by atoms with Crippen molar-refractivity contribution in [2.45, 2.75) is 18.6 Å². The molecule has 0 saturated carbocycles. The van der Waals surface area contributed by atoms with Gasteiger partial charge in [-0.3, -0.25) is 23.4 Å². The van der Waals surface area contributed by atoms with Crippen LogP contribution >= 0.6 is 22.8 Å². The Kier molecular flexibility index (Phi) is 7.39. The summed E-state index contributed by atoms with van der Waals surface area (Å²) in [4.78, 5) is 64.2. The molecule has 126 valence electrons. The second-order valence-electron chi connectivity index (χ2n) is 4.20. The lowest BCUT2D eigenvalue weighted by atomic mass is 10.3. The van der Waals surface area contributed by atoms with Crippen LogP contribution in [0.2, 0.25) is 0 Å². The summed E-state index contributed by atoms with van der Waals surface area (Å²) in [6, 6.07) is 0. The highest BCUT2D eigenvalue weighted by molar-refractivity contribution is 7.54. The Morgan fingerprint density at radius 1 is 0.905 bits per heavy atom. The van der Waals surface area contributed by atoms with Crippen LogP contribution < -0.4 is 0 Å². The van der Waals surface area contributed by atoms with Crippen molar-refractivity contribution >= 4 is 28.8 Å². The first-order valence-electron chi connectivity index (χ1n) is 5.22. The van der Waals surface area contributed by atoms with E-state index in [4.69, 9.17) is 34.5 Å². The normalized spacial score (nSPS) is 15.2. The maximum atomic E-state index is 11.3. The van der Waals surface area contributed by atoms with Gasteiger partial charge in [-0.1, -0.05) is 0 Å². The minimum atomic E-state index is -5.08. The number of nitrogens with zero attached hydrogens (tertiary/aromatic N) is 1. The average molecular weight is 371 g/mol. The quantitative estimate of drug-likeness (QED) is 0.241. The van der Waals surface area contributed by atoms with Gasteiger partial charge in [0.25, 0.3) is 0 Å². The first kappa shape index (κ1) is 20.9. The molecule has 0 radical (unpaired) electrons. The molecular weight excluding hydrogens is 355 g/mol. The predicted molar refractivity (Wildman–Crippen MR) is 68.4 cm³/mol. The van der Waals surface area contributed by atoms with Crippen molar-refractivity contribution in [3.05, 3.63) is 0 Å². The third-order valence-electron chi connectivity index (χ3n) is 2.16. The highest BCUT2D eigenvalue weighted by Crippen LogP contribution is 2.51. The second kappa shape index (κ2) is 7.43. The molecule has 1 atom stereocenters. The molecule has 0 fully saturated rings. The Hall–Kier alpha value is -0.120. The SMILES string of the molecule is O=C(O)CC[C@H](N(CP(=O)(O)O)CP(=O)(O)O)P(=O)(O)O. The highest BCUT2D eigenvalue weighted by Gasteiger charge is 2.40. The van der Waals surface area contributed by atoms with Crippen molar-refractivity contribution in [1.82, 2.24) is 4.90 Å². The van der Waals surface area contributed by atoms with Gasteiger partial charge in [0.05, 0.1) is 0 Å². The molecule has 7 N–H and O–H groups in total. The average Bonchev–Trinajstić information content (AvgIpc) is 2.08. The van der Waals surface area contributed by atoms with Gasteiger partial charge in [-0.15, -0.1) is 0 Å². The van der Waals surface area contributed by atoms with E-state index in [0.29, 0.717) is 0 Å². The largest absolute Gasteiger partial charge is 0.481 e. The number of hydrogen-bond acceptors (Lipinski definition) is 5. The number of hydrogen-bond donors (Lipinski definition) is 7. The third kappa shape index (κ3) is 10.3. The van der Waals surface area contributed by atoms with Crippen molar-refractivity contribution < 1.29 is 53.0 Å². The molecule has 21 heavy (non-hydrogen) atoms. The van der Waals surface area contributed by atoms with Crippen LogP contribution in [0.5, 0.6) is 0 Å². The van der Waals surface area contributed by atoms with Crippen LogP contribution in [0.1, 0.15) is 12.8 Å². The Morgan fingerprint density at radius 2 is 1.29 bits per heavy atom. The summed E-state index contributed by atoms with van der Waals surface area (Å²) < 4.78 is 33.2. The minimum Gasteiger partial charge on any atom is -0.481 e. The summed E-state index contributed by atoms with van der Waals surface area (Å²) in [5.41, 5.74) is 0. The van der Waals surface area contributed by atoms with Gasteiger partial charge in [0, 0.05) is 6.42 Å². The number of carboxylic acid groups (broad SMARTS) is 1. The van der Waals surface area contributed by atoms with Crippen LogP contribution in [-0.2, 0) is 18.5 Å². The summed E-state index contributed by atoms with van der Waals surface area (Å²) in [6.07, 6.45) is -4.14. The predicted octanol–water partition coefficient (Wildman–Crippen LogP) is -1.07. The molecular formula is C6H16NO11P3. The van der Waals surface area contributed by atoms with Gasteiger partial charge in [0.1, 0.15) is 18.4 Å². The number of carboxylic acids is 1. The molecule has 0 aromatic carbocycles. The van der Waals surface area contributed by atoms with E-state index in [-0.39, 0.29) is 4.90 Å². The summed E-state index contributed by atoms with van der Waals surface area (Å²) in [7, 11) is -14.9. The van der Waals surface area contributed by atoms with Crippen LogP contribution in [0.4, 0.5) is 0 Å². The van der Waals surface area contributed by atoms with Gasteiger partial charge in [0.15, 0.2) is 0 Å². The lowest BCUT2D eigenvalue weighted by molar-refractivity contribution is -0.137. The van der Waals surface area contributed by atoms with E-state index in [9.17, 15) is 18.5 Å². The summed E-state index contributed by atoms with van der Waals surface area (Å²) in [5.74, 6) is -3.46. The van der Waals surface area contributed by atoms with E-state index in [0.717, 1.165) is 0 Å². The topological polar surface area (TPSA) is 213 Å². The van der Waals surface area contributed by atoms with Crippen LogP contribution in [0.25, 0.3) is 0 Å². The zero-order valence-electron chi connectivity index (χ0n) is 10.5. The molecule has 0 aliphatic heterocycles. The van der Waals surface area contributed by atoms with Crippen molar-refractivity contribution in [3.63, 3.8) is 0 Å². The van der Waals surface area contributed by atoms with E-state index >= 15 is 0 Å². The van der Waals surface area contributed by atoms with Gasteiger partial charge in [-0.25, -0.2) is 0 Å². The molecule has 0 aliphatic carbocycles. The van der Waals surface area contributed by atoms with Crippen LogP contribution in [0, 0.1) is 0 Å². The minimum absolute atomic E-state index is 0.227. The summed E-state index contributed by atoms with van der Waals surface area (Å²) in [6.45, 7) is 0. The zero-order valence-corrected chi connectivity index (χ0v) is 13.1. The Bertz CT molecular complexity index is 478.